The molecule has 25 heavy (non-hydrogen) atoms. The van der Waals surface area contributed by atoms with Gasteiger partial charge in [0.1, 0.15) is 12.0 Å². The number of ether oxygens (including phenoxy) is 1. The number of piperidine rings is 1. The lowest BCUT2D eigenvalue weighted by atomic mass is 10.1. The highest BCUT2D eigenvalue weighted by Gasteiger charge is 2.55. The second-order valence-electron chi connectivity index (χ2n) is 6.57. The maximum Gasteiger partial charge on any atom is 0.316 e. The fourth-order valence-electron chi connectivity index (χ4n) is 3.35. The van der Waals surface area contributed by atoms with E-state index in [0.717, 1.165) is 16.6 Å². The van der Waals surface area contributed by atoms with Crippen molar-refractivity contribution in [1.82, 2.24) is 10.2 Å². The van der Waals surface area contributed by atoms with Crippen LogP contribution in [0.5, 0.6) is 0 Å². The highest BCUT2D eigenvalue weighted by atomic mass is 16.6. The lowest BCUT2D eigenvalue weighted by Gasteiger charge is -2.32. The monoisotopic (exact) mass is 342 g/mol. The minimum absolute atomic E-state index is 0.181. The molecule has 0 bridgehead atoms. The van der Waals surface area contributed by atoms with Crippen LogP contribution in [-0.4, -0.2) is 46.3 Å². The number of benzene rings is 1. The van der Waals surface area contributed by atoms with Crippen LogP contribution in [-0.2, 0) is 9.53 Å². The van der Waals surface area contributed by atoms with Gasteiger partial charge in [0.2, 0.25) is 6.04 Å². The Morgan fingerprint density at radius 2 is 2.04 bits per heavy atom. The normalized spacial score (nSPS) is 23.4. The smallest absolute Gasteiger partial charge is 0.316 e. The summed E-state index contributed by atoms with van der Waals surface area (Å²) < 4.78 is 5.46. The van der Waals surface area contributed by atoms with Crippen LogP contribution in [0.3, 0.4) is 0 Å². The summed E-state index contributed by atoms with van der Waals surface area (Å²) in [6.07, 6.45) is 3.24. The Morgan fingerprint density at radius 1 is 1.28 bits per heavy atom. The van der Waals surface area contributed by atoms with Crippen LogP contribution < -0.4 is 4.90 Å². The number of anilines is 1. The van der Waals surface area contributed by atoms with Gasteiger partial charge in [0, 0.05) is 48.0 Å². The van der Waals surface area contributed by atoms with E-state index in [1.165, 1.54) is 0 Å². The fraction of sp³-hybridized carbons (Fsp3) is 0.471. The van der Waals surface area contributed by atoms with Gasteiger partial charge in [-0.1, -0.05) is 24.3 Å². The summed E-state index contributed by atoms with van der Waals surface area (Å²) >= 11 is 0. The molecule has 1 aliphatic carbocycles. The summed E-state index contributed by atoms with van der Waals surface area (Å²) in [4.78, 5) is 24.4. The van der Waals surface area contributed by atoms with Gasteiger partial charge >= 0.3 is 5.97 Å². The molecule has 1 saturated heterocycles. The molecule has 0 radical (unpaired) electrons. The topological polar surface area (TPSA) is 98.5 Å². The standard InChI is InChI=1S/C17H18N4O4/c22-17(14-9-15(14)21(23)24)25-12-5-7-20(8-6-12)16-13-4-2-1-3-11(13)10-18-19-16/h1-4,10,12,14-15H,5-9H2. The minimum Gasteiger partial charge on any atom is -0.462 e. The van der Waals surface area contributed by atoms with Crippen LogP contribution >= 0.6 is 0 Å². The molecule has 1 aliphatic heterocycles. The van der Waals surface area contributed by atoms with Crippen LogP contribution in [0.1, 0.15) is 19.3 Å². The number of hydrogen-bond donors (Lipinski definition) is 0. The predicted molar refractivity (Wildman–Crippen MR) is 89.8 cm³/mol. The third-order valence-corrected chi connectivity index (χ3v) is 4.91. The van der Waals surface area contributed by atoms with Crippen molar-refractivity contribution in [2.24, 2.45) is 5.92 Å². The zero-order chi connectivity index (χ0) is 17.4. The first-order chi connectivity index (χ1) is 12.1. The zero-order valence-corrected chi connectivity index (χ0v) is 13.6. The van der Waals surface area contributed by atoms with Gasteiger partial charge in [0.25, 0.3) is 0 Å². The summed E-state index contributed by atoms with van der Waals surface area (Å²) in [7, 11) is 0. The lowest BCUT2D eigenvalue weighted by molar-refractivity contribution is -0.497. The van der Waals surface area contributed by atoms with Crippen molar-refractivity contribution >= 4 is 22.6 Å². The number of carbonyl (C=O) groups excluding carboxylic acids is 1. The van der Waals surface area contributed by atoms with Crippen molar-refractivity contribution < 1.29 is 14.5 Å². The number of nitro groups is 1. The zero-order valence-electron chi connectivity index (χ0n) is 13.6. The summed E-state index contributed by atoms with van der Waals surface area (Å²) in [5, 5.41) is 21.1. The molecular formula is C17H18N4O4. The number of fused-ring (bicyclic) bond motifs is 1. The molecule has 130 valence electrons. The fourth-order valence-corrected chi connectivity index (χ4v) is 3.35. The SMILES string of the molecule is O=C(OC1CCN(c2nncc3ccccc23)CC1)C1CC1[N+](=O)[O-]. The third kappa shape index (κ3) is 3.11. The third-order valence-electron chi connectivity index (χ3n) is 4.91. The molecule has 2 heterocycles. The van der Waals surface area contributed by atoms with E-state index in [-0.39, 0.29) is 6.10 Å². The molecule has 8 heteroatoms. The number of hydrogen-bond acceptors (Lipinski definition) is 7. The molecule has 0 amide bonds. The van der Waals surface area contributed by atoms with Gasteiger partial charge in [0.15, 0.2) is 5.82 Å². The molecule has 1 saturated carbocycles. The van der Waals surface area contributed by atoms with Crippen LogP contribution in [0.4, 0.5) is 5.82 Å². The van der Waals surface area contributed by atoms with E-state index < -0.39 is 22.9 Å². The van der Waals surface area contributed by atoms with Crippen molar-refractivity contribution in [3.8, 4) is 0 Å². The number of nitrogens with zero attached hydrogens (tertiary/aromatic N) is 4. The first-order valence-corrected chi connectivity index (χ1v) is 8.43. The van der Waals surface area contributed by atoms with Crippen LogP contribution in [0.2, 0.25) is 0 Å². The van der Waals surface area contributed by atoms with Gasteiger partial charge in [-0.25, -0.2) is 0 Å². The van der Waals surface area contributed by atoms with Crippen LogP contribution in [0.25, 0.3) is 10.8 Å². The predicted octanol–water partition coefficient (Wildman–Crippen LogP) is 1.81. The molecule has 2 aromatic rings. The van der Waals surface area contributed by atoms with Crippen molar-refractivity contribution in [3.63, 3.8) is 0 Å². The van der Waals surface area contributed by atoms with Crippen LogP contribution in [0, 0.1) is 16.0 Å². The second kappa shape index (κ2) is 6.27. The highest BCUT2D eigenvalue weighted by Crippen LogP contribution is 2.35. The quantitative estimate of drug-likeness (QED) is 0.474. The van der Waals surface area contributed by atoms with E-state index in [2.05, 4.69) is 15.1 Å². The number of carbonyl (C=O) groups is 1. The van der Waals surface area contributed by atoms with Gasteiger partial charge in [-0.2, -0.15) is 5.10 Å². The highest BCUT2D eigenvalue weighted by molar-refractivity contribution is 5.91. The summed E-state index contributed by atoms with van der Waals surface area (Å²) in [6, 6.07) is 7.22. The Bertz CT molecular complexity index is 814. The van der Waals surface area contributed by atoms with Crippen molar-refractivity contribution in [3.05, 3.63) is 40.6 Å². The molecule has 2 aliphatic rings. The Morgan fingerprint density at radius 3 is 2.76 bits per heavy atom. The molecule has 1 aromatic heterocycles. The summed E-state index contributed by atoms with van der Waals surface area (Å²) in [5.41, 5.74) is 0. The largest absolute Gasteiger partial charge is 0.462 e. The van der Waals surface area contributed by atoms with Gasteiger partial charge in [-0.3, -0.25) is 14.9 Å². The van der Waals surface area contributed by atoms with Gasteiger partial charge in [-0.15, -0.1) is 5.10 Å². The summed E-state index contributed by atoms with van der Waals surface area (Å²) in [5.74, 6) is -0.138. The van der Waals surface area contributed by atoms with Gasteiger partial charge < -0.3 is 9.64 Å². The van der Waals surface area contributed by atoms with Crippen LogP contribution in [0.15, 0.2) is 30.5 Å². The lowest BCUT2D eigenvalue weighted by Crippen LogP contribution is -2.38. The molecule has 4 rings (SSSR count). The molecule has 8 nitrogen and oxygen atoms in total. The molecular weight excluding hydrogens is 324 g/mol. The van der Waals surface area contributed by atoms with E-state index >= 15 is 0 Å². The summed E-state index contributed by atoms with van der Waals surface area (Å²) in [6.45, 7) is 1.42. The number of esters is 1. The second-order valence-corrected chi connectivity index (χ2v) is 6.57. The number of rotatable bonds is 4. The van der Waals surface area contributed by atoms with E-state index in [0.29, 0.717) is 32.4 Å². The molecule has 2 atom stereocenters. The maximum atomic E-state index is 12.0. The molecule has 0 spiro atoms. The maximum absolute atomic E-state index is 12.0. The Balaban J connectivity index is 1.37. The molecule has 2 unspecified atom stereocenters. The Kier molecular flexibility index (Phi) is 3.95. The van der Waals surface area contributed by atoms with Gasteiger partial charge in [-0.05, 0) is 0 Å². The van der Waals surface area contributed by atoms with E-state index in [4.69, 9.17) is 4.74 Å². The van der Waals surface area contributed by atoms with Crippen molar-refractivity contribution in [1.29, 1.82) is 0 Å². The Hall–Kier alpha value is -2.77. The first kappa shape index (κ1) is 15.7. The number of aromatic nitrogens is 2. The average Bonchev–Trinajstić information content (AvgIpc) is 3.43. The van der Waals surface area contributed by atoms with Gasteiger partial charge in [0.05, 0.1) is 6.20 Å². The van der Waals surface area contributed by atoms with E-state index in [1.807, 2.05) is 24.3 Å². The molecule has 0 N–H and O–H groups in total. The minimum atomic E-state index is -0.751. The average molecular weight is 342 g/mol. The molecule has 1 aromatic carbocycles. The van der Waals surface area contributed by atoms with Crippen molar-refractivity contribution in [2.45, 2.75) is 31.4 Å². The molecule has 2 fully saturated rings. The Labute approximate surface area is 143 Å². The van der Waals surface area contributed by atoms with Crippen molar-refractivity contribution in [2.75, 3.05) is 18.0 Å². The first-order valence-electron chi connectivity index (χ1n) is 8.43. The van der Waals surface area contributed by atoms with E-state index in [9.17, 15) is 14.9 Å². The van der Waals surface area contributed by atoms with E-state index in [1.54, 1.807) is 6.20 Å².